The van der Waals surface area contributed by atoms with E-state index in [0.29, 0.717) is 5.56 Å². The smallest absolute Gasteiger partial charge is 0.126 e. The zero-order valence-corrected chi connectivity index (χ0v) is 11.2. The maximum atomic E-state index is 13.4. The molecule has 0 spiro atoms. The predicted molar refractivity (Wildman–Crippen MR) is 78.9 cm³/mol. The van der Waals surface area contributed by atoms with Crippen LogP contribution in [0.25, 0.3) is 10.9 Å². The third-order valence-corrected chi connectivity index (χ3v) is 3.56. The van der Waals surface area contributed by atoms with Crippen LogP contribution >= 0.6 is 0 Å². The summed E-state index contributed by atoms with van der Waals surface area (Å²) >= 11 is 0. The van der Waals surface area contributed by atoms with Gasteiger partial charge < -0.3 is 5.73 Å². The van der Waals surface area contributed by atoms with Crippen LogP contribution in [-0.2, 0) is 0 Å². The standard InChI is InChI=1S/C17H15FN2/c1-11-10-12(7-8-15(11)18)17(19)14-4-2-6-16-13(14)5-3-9-20-16/h2-10,17H,19H2,1H3. The van der Waals surface area contributed by atoms with Crippen LogP contribution in [0.15, 0.2) is 54.7 Å². The van der Waals surface area contributed by atoms with Crippen molar-refractivity contribution in [3.8, 4) is 0 Å². The summed E-state index contributed by atoms with van der Waals surface area (Å²) in [5, 5.41) is 1.03. The van der Waals surface area contributed by atoms with Crippen LogP contribution in [0.4, 0.5) is 4.39 Å². The van der Waals surface area contributed by atoms with Crippen molar-refractivity contribution >= 4 is 10.9 Å². The Morgan fingerprint density at radius 1 is 1.10 bits per heavy atom. The number of pyridine rings is 1. The summed E-state index contributed by atoms with van der Waals surface area (Å²) in [4.78, 5) is 4.33. The van der Waals surface area contributed by atoms with Gasteiger partial charge in [0.2, 0.25) is 0 Å². The Morgan fingerprint density at radius 3 is 2.75 bits per heavy atom. The molecular formula is C17H15FN2. The second kappa shape index (κ2) is 5.02. The van der Waals surface area contributed by atoms with Gasteiger partial charge in [-0.15, -0.1) is 0 Å². The molecule has 0 fully saturated rings. The van der Waals surface area contributed by atoms with Gasteiger partial charge in [0, 0.05) is 11.6 Å². The molecule has 0 aliphatic heterocycles. The molecule has 0 aliphatic carbocycles. The average molecular weight is 266 g/mol. The van der Waals surface area contributed by atoms with Crippen LogP contribution in [0.5, 0.6) is 0 Å². The monoisotopic (exact) mass is 266 g/mol. The highest BCUT2D eigenvalue weighted by molar-refractivity contribution is 5.82. The van der Waals surface area contributed by atoms with E-state index in [1.54, 1.807) is 25.3 Å². The van der Waals surface area contributed by atoms with E-state index in [0.717, 1.165) is 22.0 Å². The van der Waals surface area contributed by atoms with Gasteiger partial charge in [-0.05, 0) is 41.8 Å². The molecule has 2 nitrogen and oxygen atoms in total. The lowest BCUT2D eigenvalue weighted by Gasteiger charge is -2.15. The van der Waals surface area contributed by atoms with Crippen molar-refractivity contribution in [1.29, 1.82) is 0 Å². The minimum Gasteiger partial charge on any atom is -0.320 e. The minimum atomic E-state index is -0.290. The molecule has 3 heteroatoms. The first-order valence-electron chi connectivity index (χ1n) is 6.52. The van der Waals surface area contributed by atoms with Gasteiger partial charge in [0.05, 0.1) is 11.6 Å². The van der Waals surface area contributed by atoms with Gasteiger partial charge in [-0.25, -0.2) is 4.39 Å². The van der Waals surface area contributed by atoms with Gasteiger partial charge in [-0.2, -0.15) is 0 Å². The molecule has 3 aromatic rings. The number of benzene rings is 2. The number of nitrogens with two attached hydrogens (primary N) is 1. The maximum absolute atomic E-state index is 13.4. The average Bonchev–Trinajstić information content (AvgIpc) is 2.49. The van der Waals surface area contributed by atoms with E-state index in [9.17, 15) is 4.39 Å². The summed E-state index contributed by atoms with van der Waals surface area (Å²) in [5.41, 5.74) is 9.78. The van der Waals surface area contributed by atoms with Crippen molar-refractivity contribution in [3.05, 3.63) is 77.2 Å². The number of aryl methyl sites for hydroxylation is 1. The molecule has 0 radical (unpaired) electrons. The fourth-order valence-electron chi connectivity index (χ4n) is 2.44. The van der Waals surface area contributed by atoms with E-state index in [2.05, 4.69) is 4.98 Å². The van der Waals surface area contributed by atoms with Crippen LogP contribution in [0.2, 0.25) is 0 Å². The molecule has 0 aliphatic rings. The first-order chi connectivity index (χ1) is 9.66. The van der Waals surface area contributed by atoms with Crippen molar-refractivity contribution in [3.63, 3.8) is 0 Å². The zero-order chi connectivity index (χ0) is 14.1. The Morgan fingerprint density at radius 2 is 1.95 bits per heavy atom. The van der Waals surface area contributed by atoms with Crippen molar-refractivity contribution in [2.24, 2.45) is 5.73 Å². The normalized spacial score (nSPS) is 12.6. The summed E-state index contributed by atoms with van der Waals surface area (Å²) in [6.07, 6.45) is 1.76. The van der Waals surface area contributed by atoms with E-state index in [1.807, 2.05) is 30.3 Å². The van der Waals surface area contributed by atoms with Gasteiger partial charge in [-0.1, -0.05) is 30.3 Å². The molecule has 0 amide bonds. The lowest BCUT2D eigenvalue weighted by Crippen LogP contribution is -2.12. The number of halogens is 1. The third-order valence-electron chi connectivity index (χ3n) is 3.56. The lowest BCUT2D eigenvalue weighted by atomic mass is 9.95. The Kier molecular flexibility index (Phi) is 3.20. The SMILES string of the molecule is Cc1cc(C(N)c2cccc3ncccc23)ccc1F. The van der Waals surface area contributed by atoms with E-state index >= 15 is 0 Å². The molecule has 1 heterocycles. The Bertz CT molecular complexity index is 763. The number of fused-ring (bicyclic) bond motifs is 1. The first kappa shape index (κ1) is 12.8. The maximum Gasteiger partial charge on any atom is 0.126 e. The summed E-state index contributed by atoms with van der Waals surface area (Å²) in [6.45, 7) is 1.75. The summed E-state index contributed by atoms with van der Waals surface area (Å²) in [5.74, 6) is -0.208. The summed E-state index contributed by atoms with van der Waals surface area (Å²) < 4.78 is 13.4. The highest BCUT2D eigenvalue weighted by Gasteiger charge is 2.13. The van der Waals surface area contributed by atoms with E-state index in [1.165, 1.54) is 6.07 Å². The van der Waals surface area contributed by atoms with Gasteiger partial charge in [-0.3, -0.25) is 4.98 Å². The number of aromatic nitrogens is 1. The van der Waals surface area contributed by atoms with E-state index in [-0.39, 0.29) is 11.9 Å². The van der Waals surface area contributed by atoms with Crippen LogP contribution in [0.1, 0.15) is 22.7 Å². The number of hydrogen-bond donors (Lipinski definition) is 1. The molecule has 20 heavy (non-hydrogen) atoms. The molecule has 0 saturated heterocycles. The second-order valence-electron chi connectivity index (χ2n) is 4.90. The van der Waals surface area contributed by atoms with Gasteiger partial charge >= 0.3 is 0 Å². The minimum absolute atomic E-state index is 0.208. The molecule has 0 bridgehead atoms. The van der Waals surface area contributed by atoms with Gasteiger partial charge in [0.25, 0.3) is 0 Å². The topological polar surface area (TPSA) is 38.9 Å². The fraction of sp³-hybridized carbons (Fsp3) is 0.118. The van der Waals surface area contributed by atoms with Crippen molar-refractivity contribution in [1.82, 2.24) is 4.98 Å². The second-order valence-corrected chi connectivity index (χ2v) is 4.90. The predicted octanol–water partition coefficient (Wildman–Crippen LogP) is 3.73. The molecule has 1 aromatic heterocycles. The van der Waals surface area contributed by atoms with Crippen molar-refractivity contribution < 1.29 is 4.39 Å². The molecule has 3 rings (SSSR count). The van der Waals surface area contributed by atoms with Crippen LogP contribution < -0.4 is 5.73 Å². The molecule has 1 unspecified atom stereocenters. The molecule has 2 N–H and O–H groups in total. The fourth-order valence-corrected chi connectivity index (χ4v) is 2.44. The van der Waals surface area contributed by atoms with Crippen molar-refractivity contribution in [2.75, 3.05) is 0 Å². The lowest BCUT2D eigenvalue weighted by molar-refractivity contribution is 0.617. The molecule has 100 valence electrons. The third kappa shape index (κ3) is 2.17. The Balaban J connectivity index is 2.12. The largest absolute Gasteiger partial charge is 0.320 e. The Hall–Kier alpha value is -2.26. The van der Waals surface area contributed by atoms with Gasteiger partial charge in [0.1, 0.15) is 5.82 Å². The summed E-state index contributed by atoms with van der Waals surface area (Å²) in [7, 11) is 0. The number of nitrogens with zero attached hydrogens (tertiary/aromatic N) is 1. The summed E-state index contributed by atoms with van der Waals surface area (Å²) in [6, 6.07) is 14.5. The number of rotatable bonds is 2. The number of hydrogen-bond acceptors (Lipinski definition) is 2. The molecule has 1 atom stereocenters. The van der Waals surface area contributed by atoms with Crippen molar-refractivity contribution in [2.45, 2.75) is 13.0 Å². The molecule has 0 saturated carbocycles. The van der Waals surface area contributed by atoms with Crippen LogP contribution in [0, 0.1) is 12.7 Å². The van der Waals surface area contributed by atoms with Crippen LogP contribution in [-0.4, -0.2) is 4.98 Å². The highest BCUT2D eigenvalue weighted by atomic mass is 19.1. The Labute approximate surface area is 117 Å². The van der Waals surface area contributed by atoms with Crippen LogP contribution in [0.3, 0.4) is 0 Å². The molecule has 2 aromatic carbocycles. The zero-order valence-electron chi connectivity index (χ0n) is 11.2. The van der Waals surface area contributed by atoms with E-state index in [4.69, 9.17) is 5.73 Å². The van der Waals surface area contributed by atoms with E-state index < -0.39 is 0 Å². The highest BCUT2D eigenvalue weighted by Crippen LogP contribution is 2.27. The molecular weight excluding hydrogens is 251 g/mol. The quantitative estimate of drug-likeness (QED) is 0.767. The van der Waals surface area contributed by atoms with Gasteiger partial charge in [0.15, 0.2) is 0 Å². The first-order valence-corrected chi connectivity index (χ1v) is 6.52.